The molecule has 0 fully saturated rings. The summed E-state index contributed by atoms with van der Waals surface area (Å²) >= 11 is 0. The first-order chi connectivity index (χ1) is 13.0. The van der Waals surface area contributed by atoms with Gasteiger partial charge in [-0.25, -0.2) is 0 Å². The molecule has 6 heteroatoms. The third-order valence-corrected chi connectivity index (χ3v) is 4.94. The molecule has 6 nitrogen and oxygen atoms in total. The molecule has 0 atom stereocenters. The van der Waals surface area contributed by atoms with E-state index < -0.39 is 0 Å². The fourth-order valence-electron chi connectivity index (χ4n) is 3.64. The largest absolute Gasteiger partial charge is 0.360 e. The number of rotatable bonds is 3. The van der Waals surface area contributed by atoms with Crippen LogP contribution in [0.4, 0.5) is 5.69 Å². The van der Waals surface area contributed by atoms with E-state index in [9.17, 15) is 4.79 Å². The normalized spacial score (nSPS) is 14.0. The Morgan fingerprint density at radius 2 is 2.11 bits per heavy atom. The molecule has 0 saturated carbocycles. The van der Waals surface area contributed by atoms with Crippen LogP contribution in [0.2, 0.25) is 0 Å². The molecule has 1 aliphatic heterocycles. The fraction of sp³-hybridized carbons (Fsp3) is 0.286. The van der Waals surface area contributed by atoms with Gasteiger partial charge in [0.2, 0.25) is 0 Å². The maximum Gasteiger partial charge on any atom is 0.251 e. The predicted octanol–water partition coefficient (Wildman–Crippen LogP) is 3.78. The van der Waals surface area contributed by atoms with Gasteiger partial charge in [0, 0.05) is 36.3 Å². The number of fused-ring (bicyclic) bond motifs is 1. The standard InChI is InChI=1S/C21H22N4O2/c1-14-12-17(16(3)25(14)20-13-15(2)27-23-20)8-9-21(26)24-11-5-6-18-19(24)7-4-10-22-18/h4,7-10,12-13H,5-6,11H2,1-3H3/b9-8-. The maximum atomic E-state index is 12.8. The van der Waals surface area contributed by atoms with Gasteiger partial charge in [-0.2, -0.15) is 0 Å². The minimum absolute atomic E-state index is 0.0222. The number of hydrogen-bond donors (Lipinski definition) is 0. The number of pyridine rings is 1. The van der Waals surface area contributed by atoms with E-state index in [-0.39, 0.29) is 5.91 Å². The third-order valence-electron chi connectivity index (χ3n) is 4.94. The molecule has 0 N–H and O–H groups in total. The van der Waals surface area contributed by atoms with Crippen molar-refractivity contribution in [1.82, 2.24) is 14.7 Å². The highest BCUT2D eigenvalue weighted by atomic mass is 16.5. The Labute approximate surface area is 158 Å². The van der Waals surface area contributed by atoms with Crippen molar-refractivity contribution in [3.8, 4) is 5.82 Å². The quantitative estimate of drug-likeness (QED) is 0.665. The number of carbonyl (C=O) groups is 1. The zero-order valence-corrected chi connectivity index (χ0v) is 15.8. The molecule has 0 saturated heterocycles. The van der Waals surface area contributed by atoms with Gasteiger partial charge in [-0.1, -0.05) is 5.16 Å². The summed E-state index contributed by atoms with van der Waals surface area (Å²) in [7, 11) is 0. The molecular weight excluding hydrogens is 340 g/mol. The second kappa shape index (κ2) is 6.87. The summed E-state index contributed by atoms with van der Waals surface area (Å²) in [4.78, 5) is 19.0. The fourth-order valence-corrected chi connectivity index (χ4v) is 3.64. The molecule has 0 radical (unpaired) electrons. The van der Waals surface area contributed by atoms with Gasteiger partial charge in [-0.3, -0.25) is 14.3 Å². The van der Waals surface area contributed by atoms with Crippen molar-refractivity contribution in [3.63, 3.8) is 0 Å². The van der Waals surface area contributed by atoms with Crippen LogP contribution in [0, 0.1) is 20.8 Å². The average Bonchev–Trinajstić information content (AvgIpc) is 3.21. The number of amides is 1. The molecule has 1 amide bonds. The molecule has 0 aliphatic carbocycles. The van der Waals surface area contributed by atoms with Crippen LogP contribution in [0.5, 0.6) is 0 Å². The van der Waals surface area contributed by atoms with Crippen LogP contribution < -0.4 is 4.90 Å². The van der Waals surface area contributed by atoms with E-state index in [4.69, 9.17) is 4.52 Å². The molecule has 27 heavy (non-hydrogen) atoms. The number of aryl methyl sites for hydroxylation is 3. The molecule has 3 aromatic rings. The van der Waals surface area contributed by atoms with Crippen molar-refractivity contribution in [2.24, 2.45) is 0 Å². The van der Waals surface area contributed by atoms with Gasteiger partial charge in [0.1, 0.15) is 5.76 Å². The lowest BCUT2D eigenvalue weighted by Crippen LogP contribution is -2.34. The number of anilines is 1. The van der Waals surface area contributed by atoms with E-state index in [0.29, 0.717) is 0 Å². The topological polar surface area (TPSA) is 64.2 Å². The minimum atomic E-state index is -0.0222. The van der Waals surface area contributed by atoms with Crippen LogP contribution in [0.15, 0.2) is 41.1 Å². The Kier molecular flexibility index (Phi) is 4.39. The number of hydrogen-bond acceptors (Lipinski definition) is 4. The molecule has 4 heterocycles. The van der Waals surface area contributed by atoms with Crippen LogP contribution in [0.25, 0.3) is 11.9 Å². The molecular formula is C21H22N4O2. The van der Waals surface area contributed by atoms with E-state index in [1.165, 1.54) is 0 Å². The smallest absolute Gasteiger partial charge is 0.251 e. The van der Waals surface area contributed by atoms with Crippen molar-refractivity contribution < 1.29 is 9.32 Å². The van der Waals surface area contributed by atoms with Crippen molar-refractivity contribution in [2.75, 3.05) is 11.4 Å². The predicted molar refractivity (Wildman–Crippen MR) is 104 cm³/mol. The molecule has 0 spiro atoms. The van der Waals surface area contributed by atoms with Crippen LogP contribution in [-0.2, 0) is 11.2 Å². The molecule has 0 bridgehead atoms. The van der Waals surface area contributed by atoms with E-state index in [1.807, 2.05) is 54.5 Å². The van der Waals surface area contributed by atoms with E-state index in [2.05, 4.69) is 16.2 Å². The van der Waals surface area contributed by atoms with Crippen LogP contribution >= 0.6 is 0 Å². The Balaban J connectivity index is 1.60. The van der Waals surface area contributed by atoms with Gasteiger partial charge in [0.25, 0.3) is 5.91 Å². The van der Waals surface area contributed by atoms with Gasteiger partial charge in [-0.05, 0) is 63.5 Å². The van der Waals surface area contributed by atoms with Gasteiger partial charge in [-0.15, -0.1) is 0 Å². The molecule has 3 aromatic heterocycles. The van der Waals surface area contributed by atoms with Gasteiger partial charge < -0.3 is 9.42 Å². The first-order valence-electron chi connectivity index (χ1n) is 9.10. The van der Waals surface area contributed by atoms with E-state index in [0.717, 1.165) is 59.3 Å². The van der Waals surface area contributed by atoms with Gasteiger partial charge in [0.05, 0.1) is 11.4 Å². The van der Waals surface area contributed by atoms with Gasteiger partial charge in [0.15, 0.2) is 5.82 Å². The second-order valence-corrected chi connectivity index (χ2v) is 6.85. The maximum absolute atomic E-state index is 12.8. The van der Waals surface area contributed by atoms with Crippen molar-refractivity contribution in [2.45, 2.75) is 33.6 Å². The van der Waals surface area contributed by atoms with Crippen molar-refractivity contribution in [3.05, 3.63) is 64.9 Å². The second-order valence-electron chi connectivity index (χ2n) is 6.85. The Morgan fingerprint density at radius 3 is 2.89 bits per heavy atom. The van der Waals surface area contributed by atoms with Crippen LogP contribution in [0.1, 0.15) is 34.8 Å². The SMILES string of the molecule is Cc1cc(-n2c(C)cc(/C=C\C(=O)N3CCCc4ncccc43)c2C)no1. The zero-order valence-electron chi connectivity index (χ0n) is 15.8. The summed E-state index contributed by atoms with van der Waals surface area (Å²) in [5.74, 6) is 1.50. The summed E-state index contributed by atoms with van der Waals surface area (Å²) in [6.45, 7) is 6.62. The highest BCUT2D eigenvalue weighted by molar-refractivity contribution is 6.04. The molecule has 4 rings (SSSR count). The number of aromatic nitrogens is 3. The average molecular weight is 362 g/mol. The van der Waals surface area contributed by atoms with E-state index >= 15 is 0 Å². The highest BCUT2D eigenvalue weighted by Gasteiger charge is 2.21. The molecule has 0 aromatic carbocycles. The molecule has 1 aliphatic rings. The Hall–Kier alpha value is -3.15. The van der Waals surface area contributed by atoms with Crippen LogP contribution in [-0.4, -0.2) is 27.2 Å². The van der Waals surface area contributed by atoms with Crippen LogP contribution in [0.3, 0.4) is 0 Å². The Bertz CT molecular complexity index is 1030. The summed E-state index contributed by atoms with van der Waals surface area (Å²) in [6, 6.07) is 7.79. The number of carbonyl (C=O) groups excluding carboxylic acids is 1. The van der Waals surface area contributed by atoms with Gasteiger partial charge >= 0.3 is 0 Å². The molecule has 0 unspecified atom stereocenters. The summed E-state index contributed by atoms with van der Waals surface area (Å²) in [6.07, 6.45) is 7.15. The lowest BCUT2D eigenvalue weighted by molar-refractivity contribution is -0.114. The Morgan fingerprint density at radius 1 is 1.26 bits per heavy atom. The van der Waals surface area contributed by atoms with Crippen molar-refractivity contribution in [1.29, 1.82) is 0 Å². The summed E-state index contributed by atoms with van der Waals surface area (Å²) in [5, 5.41) is 4.10. The van der Waals surface area contributed by atoms with Crippen molar-refractivity contribution >= 4 is 17.7 Å². The number of nitrogens with zero attached hydrogens (tertiary/aromatic N) is 4. The zero-order chi connectivity index (χ0) is 19.0. The first-order valence-corrected chi connectivity index (χ1v) is 9.10. The highest BCUT2D eigenvalue weighted by Crippen LogP contribution is 2.26. The minimum Gasteiger partial charge on any atom is -0.360 e. The first kappa shape index (κ1) is 17.3. The third kappa shape index (κ3) is 3.18. The van der Waals surface area contributed by atoms with E-state index in [1.54, 1.807) is 12.3 Å². The lowest BCUT2D eigenvalue weighted by Gasteiger charge is -2.27. The lowest BCUT2D eigenvalue weighted by atomic mass is 10.1. The molecule has 138 valence electrons. The summed E-state index contributed by atoms with van der Waals surface area (Å²) in [5.41, 5.74) is 4.96. The monoisotopic (exact) mass is 362 g/mol. The summed E-state index contributed by atoms with van der Waals surface area (Å²) < 4.78 is 7.22.